The molecule has 1 N–H and O–H groups in total. The van der Waals surface area contributed by atoms with E-state index < -0.39 is 30.0 Å². The Labute approximate surface area is 168 Å². The van der Waals surface area contributed by atoms with Gasteiger partial charge in [-0.1, -0.05) is 37.6 Å². The van der Waals surface area contributed by atoms with Crippen LogP contribution in [0.1, 0.15) is 30.1 Å². The molecule has 0 saturated carbocycles. The number of hydrogen-bond donors (Lipinski definition) is 1. The first-order chi connectivity index (χ1) is 11.2. The van der Waals surface area contributed by atoms with E-state index >= 15 is 0 Å². The predicted molar refractivity (Wildman–Crippen MR) is 92.9 cm³/mol. The second-order valence-corrected chi connectivity index (χ2v) is 8.03. The van der Waals surface area contributed by atoms with Gasteiger partial charge >= 0.3 is 0 Å². The molecular formula is C15H16NaO7S2. The minimum Gasteiger partial charge on any atom is -0.298 e. The van der Waals surface area contributed by atoms with Gasteiger partial charge in [-0.3, -0.25) is 13.5 Å². The van der Waals surface area contributed by atoms with Crippen LogP contribution in [0.3, 0.4) is 0 Å². The molecule has 0 unspecified atom stereocenters. The Hall–Kier alpha value is -0.810. The maximum atomic E-state index is 12.4. The Morgan fingerprint density at radius 2 is 1.68 bits per heavy atom. The molecule has 2 aromatic rings. The van der Waals surface area contributed by atoms with E-state index in [1.165, 1.54) is 18.2 Å². The van der Waals surface area contributed by atoms with Gasteiger partial charge in [0.15, 0.2) is 6.29 Å². The van der Waals surface area contributed by atoms with Crippen molar-refractivity contribution in [3.05, 3.63) is 35.9 Å². The molecule has 0 bridgehead atoms. The largest absolute Gasteiger partial charge is 0.298 e. The van der Waals surface area contributed by atoms with E-state index in [9.17, 15) is 26.2 Å². The number of fused-ring (bicyclic) bond motifs is 1. The van der Waals surface area contributed by atoms with Crippen LogP contribution in [0.25, 0.3) is 10.8 Å². The first kappa shape index (κ1) is 22.2. The van der Waals surface area contributed by atoms with E-state index in [4.69, 9.17) is 4.18 Å². The third-order valence-corrected chi connectivity index (χ3v) is 5.66. The first-order valence-electron chi connectivity index (χ1n) is 7.10. The van der Waals surface area contributed by atoms with Gasteiger partial charge in [0.1, 0.15) is 9.79 Å². The van der Waals surface area contributed by atoms with Crippen molar-refractivity contribution in [2.45, 2.75) is 29.6 Å². The third kappa shape index (κ3) is 4.88. The third-order valence-electron chi connectivity index (χ3n) is 3.41. The van der Waals surface area contributed by atoms with Crippen LogP contribution >= 0.6 is 0 Å². The van der Waals surface area contributed by atoms with Gasteiger partial charge in [0, 0.05) is 40.5 Å². The molecule has 0 fully saturated rings. The number of carbonyl (C=O) groups is 1. The molecule has 0 spiro atoms. The van der Waals surface area contributed by atoms with Gasteiger partial charge in [0.2, 0.25) is 0 Å². The summed E-state index contributed by atoms with van der Waals surface area (Å²) in [4.78, 5) is 10.1. The number of unbranched alkanes of at least 4 members (excludes halogenated alkanes) is 1. The maximum Gasteiger partial charge on any atom is 0.297 e. The fourth-order valence-corrected chi connectivity index (χ4v) is 4.21. The number of carbonyl (C=O) groups excluding carboxylic acids is 1. The van der Waals surface area contributed by atoms with Crippen molar-refractivity contribution in [3.8, 4) is 0 Å². The second kappa shape index (κ2) is 8.72. The molecule has 10 heteroatoms. The summed E-state index contributed by atoms with van der Waals surface area (Å²) >= 11 is 0. The predicted octanol–water partition coefficient (Wildman–Crippen LogP) is 2.02. The Kier molecular flexibility index (Phi) is 7.75. The Bertz CT molecular complexity index is 982. The molecule has 1 radical (unpaired) electrons. The van der Waals surface area contributed by atoms with Gasteiger partial charge in [-0.25, -0.2) is 0 Å². The summed E-state index contributed by atoms with van der Waals surface area (Å²) in [5, 5.41) is 0.240. The topological polar surface area (TPSA) is 115 Å². The Balaban J connectivity index is 0.00000312. The molecule has 131 valence electrons. The molecule has 0 amide bonds. The second-order valence-electron chi connectivity index (χ2n) is 5.05. The molecule has 0 aliphatic rings. The summed E-state index contributed by atoms with van der Waals surface area (Å²) in [6.45, 7) is 1.81. The summed E-state index contributed by atoms with van der Waals surface area (Å²) in [6, 6.07) is 6.67. The quantitative estimate of drug-likeness (QED) is 0.251. The number of rotatable bonds is 7. The standard InChI is InChI=1S/C15H16O7S2.Na/c1-2-3-8-22-24(20,21)15-9-14(23(17,18)19)13(10-16)11-6-4-5-7-12(11)15;/h4-7,9-10H,2-3,8H2,1H3,(H,17,18,19);. The average molecular weight is 395 g/mol. The fraction of sp³-hybridized carbons (Fsp3) is 0.267. The number of hydrogen-bond acceptors (Lipinski definition) is 6. The molecular weight excluding hydrogens is 379 g/mol. The van der Waals surface area contributed by atoms with Crippen LogP contribution in [-0.4, -0.2) is 63.8 Å². The van der Waals surface area contributed by atoms with Crippen LogP contribution in [0.15, 0.2) is 40.1 Å². The summed E-state index contributed by atoms with van der Waals surface area (Å²) in [5.41, 5.74) is -0.305. The van der Waals surface area contributed by atoms with Crippen LogP contribution in [0.2, 0.25) is 0 Å². The van der Waals surface area contributed by atoms with Crippen molar-refractivity contribution >= 4 is 66.9 Å². The van der Waals surface area contributed by atoms with E-state index in [-0.39, 0.29) is 58.8 Å². The molecule has 0 saturated heterocycles. The van der Waals surface area contributed by atoms with Gasteiger partial charge < -0.3 is 0 Å². The summed E-state index contributed by atoms with van der Waals surface area (Å²) in [5.74, 6) is 0. The molecule has 0 aliphatic carbocycles. The van der Waals surface area contributed by atoms with Crippen LogP contribution in [-0.2, 0) is 24.4 Å². The van der Waals surface area contributed by atoms with Crippen LogP contribution < -0.4 is 0 Å². The number of aldehydes is 1. The van der Waals surface area contributed by atoms with Crippen molar-refractivity contribution in [2.24, 2.45) is 0 Å². The molecule has 0 aromatic heterocycles. The smallest absolute Gasteiger partial charge is 0.297 e. The number of benzene rings is 2. The van der Waals surface area contributed by atoms with Crippen LogP contribution in [0.5, 0.6) is 0 Å². The molecule has 25 heavy (non-hydrogen) atoms. The van der Waals surface area contributed by atoms with E-state index in [0.717, 1.165) is 12.5 Å². The van der Waals surface area contributed by atoms with E-state index in [1.54, 1.807) is 6.07 Å². The van der Waals surface area contributed by atoms with Crippen LogP contribution in [0, 0.1) is 0 Å². The summed E-state index contributed by atoms with van der Waals surface area (Å²) in [6.07, 6.45) is 1.49. The average Bonchev–Trinajstić information content (AvgIpc) is 2.52. The molecule has 0 atom stereocenters. The maximum absolute atomic E-state index is 12.4. The van der Waals surface area contributed by atoms with Crippen molar-refractivity contribution in [3.63, 3.8) is 0 Å². The van der Waals surface area contributed by atoms with Crippen molar-refractivity contribution in [1.29, 1.82) is 0 Å². The molecule has 2 rings (SSSR count). The summed E-state index contributed by atoms with van der Waals surface area (Å²) in [7, 11) is -9.05. The zero-order chi connectivity index (χ0) is 18.0. The molecule has 0 heterocycles. The van der Waals surface area contributed by atoms with Gasteiger partial charge in [-0.05, 0) is 17.9 Å². The fourth-order valence-electron chi connectivity index (χ4n) is 2.26. The van der Waals surface area contributed by atoms with E-state index in [2.05, 4.69) is 0 Å². The molecule has 7 nitrogen and oxygen atoms in total. The van der Waals surface area contributed by atoms with E-state index in [1.807, 2.05) is 6.92 Å². The zero-order valence-corrected chi connectivity index (χ0v) is 17.4. The normalized spacial score (nSPS) is 11.9. The SMILES string of the molecule is CCCCOS(=O)(=O)c1cc(S(=O)(=O)O)c(C=O)c2ccccc12.[Na]. The summed E-state index contributed by atoms with van der Waals surface area (Å²) < 4.78 is 62.2. The minimum absolute atomic E-state index is 0. The van der Waals surface area contributed by atoms with Crippen molar-refractivity contribution < 1.29 is 30.4 Å². The van der Waals surface area contributed by atoms with Gasteiger partial charge in [0.25, 0.3) is 20.2 Å². The monoisotopic (exact) mass is 395 g/mol. The van der Waals surface area contributed by atoms with Crippen molar-refractivity contribution in [1.82, 2.24) is 0 Å². The zero-order valence-electron chi connectivity index (χ0n) is 13.8. The van der Waals surface area contributed by atoms with Gasteiger partial charge in [-0.15, -0.1) is 0 Å². The Morgan fingerprint density at radius 3 is 2.20 bits per heavy atom. The van der Waals surface area contributed by atoms with Crippen LogP contribution in [0.4, 0.5) is 0 Å². The first-order valence-corrected chi connectivity index (χ1v) is 9.95. The van der Waals surface area contributed by atoms with Gasteiger partial charge in [0.05, 0.1) is 6.61 Å². The molecule has 2 aromatic carbocycles. The van der Waals surface area contributed by atoms with Crippen molar-refractivity contribution in [2.75, 3.05) is 6.61 Å². The van der Waals surface area contributed by atoms with E-state index in [0.29, 0.717) is 6.42 Å². The molecule has 0 aliphatic heterocycles. The minimum atomic E-state index is -4.80. The Morgan fingerprint density at radius 1 is 1.08 bits per heavy atom. The van der Waals surface area contributed by atoms with Gasteiger partial charge in [-0.2, -0.15) is 16.8 Å².